The minimum Gasteiger partial charge on any atom is -0.356 e. The van der Waals surface area contributed by atoms with E-state index >= 15 is 0 Å². The van der Waals surface area contributed by atoms with Gasteiger partial charge in [0.05, 0.1) is 0 Å². The molecule has 22 heavy (non-hydrogen) atoms. The minimum atomic E-state index is -0.221. The Bertz CT molecular complexity index is 593. The van der Waals surface area contributed by atoms with Gasteiger partial charge >= 0.3 is 0 Å². The van der Waals surface area contributed by atoms with E-state index in [1.807, 2.05) is 0 Å². The molecule has 116 valence electrons. The summed E-state index contributed by atoms with van der Waals surface area (Å²) in [5, 5.41) is 5.14. The topological polar surface area (TPSA) is 78.5 Å². The summed E-state index contributed by atoms with van der Waals surface area (Å²) >= 11 is 0. The van der Waals surface area contributed by atoms with Crippen LogP contribution in [0.5, 0.6) is 0 Å². The molecule has 0 aromatic heterocycles. The van der Waals surface area contributed by atoms with Gasteiger partial charge in [-0.2, -0.15) is 0 Å². The zero-order chi connectivity index (χ0) is 15.9. The second kappa shape index (κ2) is 7.40. The number of carbonyl (C=O) groups excluding carboxylic acids is 3. The Hall–Kier alpha value is -2.63. The van der Waals surface area contributed by atoms with Crippen molar-refractivity contribution in [3.63, 3.8) is 0 Å². The van der Waals surface area contributed by atoms with Crippen molar-refractivity contribution < 1.29 is 14.4 Å². The first-order valence-electron chi connectivity index (χ1n) is 7.18. The summed E-state index contributed by atoms with van der Waals surface area (Å²) in [4.78, 5) is 36.3. The molecule has 1 aliphatic heterocycles. The first-order chi connectivity index (χ1) is 10.6. The molecule has 1 saturated heterocycles. The van der Waals surface area contributed by atoms with Crippen molar-refractivity contribution in [1.29, 1.82) is 0 Å². The number of anilines is 1. The number of likely N-dealkylation sites (N-methyl/N-ethyl adjacent to an activating group) is 1. The predicted molar refractivity (Wildman–Crippen MR) is 83.6 cm³/mol. The molecular weight excluding hydrogens is 282 g/mol. The Morgan fingerprint density at radius 2 is 2.00 bits per heavy atom. The van der Waals surface area contributed by atoms with Gasteiger partial charge in [-0.1, -0.05) is 6.08 Å². The lowest BCUT2D eigenvalue weighted by Crippen LogP contribution is -2.25. The van der Waals surface area contributed by atoms with Crippen molar-refractivity contribution in [2.24, 2.45) is 0 Å². The van der Waals surface area contributed by atoms with E-state index in [9.17, 15) is 14.4 Å². The average molecular weight is 301 g/mol. The molecule has 2 N–H and O–H groups in total. The highest BCUT2D eigenvalue weighted by Crippen LogP contribution is 2.21. The fourth-order valence-corrected chi connectivity index (χ4v) is 2.22. The van der Waals surface area contributed by atoms with Crippen LogP contribution < -0.4 is 15.5 Å². The summed E-state index contributed by atoms with van der Waals surface area (Å²) in [5.74, 6) is -0.314. The number of benzene rings is 1. The van der Waals surface area contributed by atoms with Gasteiger partial charge in [0.15, 0.2) is 0 Å². The maximum atomic E-state index is 11.9. The molecular formula is C16H19N3O3. The number of rotatable bonds is 5. The van der Waals surface area contributed by atoms with Crippen molar-refractivity contribution in [1.82, 2.24) is 10.6 Å². The molecule has 0 spiro atoms. The van der Waals surface area contributed by atoms with Crippen LogP contribution in [0.25, 0.3) is 0 Å². The largest absolute Gasteiger partial charge is 0.356 e. The Morgan fingerprint density at radius 3 is 2.59 bits per heavy atom. The van der Waals surface area contributed by atoms with Gasteiger partial charge in [-0.15, -0.1) is 0 Å². The summed E-state index contributed by atoms with van der Waals surface area (Å²) in [7, 11) is 1.54. The molecule has 3 amide bonds. The van der Waals surface area contributed by atoms with Crippen molar-refractivity contribution in [2.45, 2.75) is 12.8 Å². The smallest absolute Gasteiger partial charge is 0.251 e. The van der Waals surface area contributed by atoms with Crippen LogP contribution in [0, 0.1) is 0 Å². The second-order valence-electron chi connectivity index (χ2n) is 4.92. The monoisotopic (exact) mass is 301 g/mol. The lowest BCUT2D eigenvalue weighted by molar-refractivity contribution is -0.117. The van der Waals surface area contributed by atoms with Crippen molar-refractivity contribution in [3.8, 4) is 0 Å². The van der Waals surface area contributed by atoms with E-state index < -0.39 is 0 Å². The van der Waals surface area contributed by atoms with Gasteiger partial charge in [-0.3, -0.25) is 14.4 Å². The fraction of sp³-hybridized carbons (Fsp3) is 0.312. The predicted octanol–water partition coefficient (Wildman–Crippen LogP) is 0.845. The molecule has 6 heteroatoms. The number of carbonyl (C=O) groups is 3. The minimum absolute atomic E-state index is 0.122. The maximum Gasteiger partial charge on any atom is 0.251 e. The van der Waals surface area contributed by atoms with Gasteiger partial charge in [-0.25, -0.2) is 0 Å². The molecule has 1 aromatic carbocycles. The third-order valence-electron chi connectivity index (χ3n) is 3.41. The van der Waals surface area contributed by atoms with Crippen LogP contribution in [0.3, 0.4) is 0 Å². The molecule has 1 fully saturated rings. The first kappa shape index (κ1) is 15.8. The van der Waals surface area contributed by atoms with Crippen molar-refractivity contribution in [2.75, 3.05) is 25.0 Å². The Morgan fingerprint density at radius 1 is 1.27 bits per heavy atom. The molecule has 1 aliphatic rings. The van der Waals surface area contributed by atoms with Crippen LogP contribution in [0.4, 0.5) is 5.69 Å². The van der Waals surface area contributed by atoms with E-state index in [-0.39, 0.29) is 24.3 Å². The summed E-state index contributed by atoms with van der Waals surface area (Å²) in [5.41, 5.74) is 1.34. The molecule has 0 bridgehead atoms. The molecule has 0 saturated carbocycles. The Labute approximate surface area is 129 Å². The van der Waals surface area contributed by atoms with E-state index in [0.29, 0.717) is 12.0 Å². The van der Waals surface area contributed by atoms with Gasteiger partial charge in [0.2, 0.25) is 11.8 Å². The zero-order valence-corrected chi connectivity index (χ0v) is 12.5. The SMILES string of the molecule is CNC(=O)/C=C/CNC(=O)c1ccc(N2CCCC2=O)cc1. The van der Waals surface area contributed by atoms with E-state index in [2.05, 4.69) is 10.6 Å². The van der Waals surface area contributed by atoms with E-state index in [4.69, 9.17) is 0 Å². The van der Waals surface area contributed by atoms with Gasteiger partial charge in [0.1, 0.15) is 0 Å². The quantitative estimate of drug-likeness (QED) is 0.791. The summed E-state index contributed by atoms with van der Waals surface area (Å²) < 4.78 is 0. The third kappa shape index (κ3) is 3.94. The van der Waals surface area contributed by atoms with Crippen LogP contribution in [-0.4, -0.2) is 37.9 Å². The summed E-state index contributed by atoms with van der Waals surface area (Å²) in [6, 6.07) is 6.94. The number of nitrogens with zero attached hydrogens (tertiary/aromatic N) is 1. The number of amides is 3. The van der Waals surface area contributed by atoms with Gasteiger partial charge in [-0.05, 0) is 30.7 Å². The van der Waals surface area contributed by atoms with Gasteiger partial charge in [0, 0.05) is 43.9 Å². The van der Waals surface area contributed by atoms with Gasteiger partial charge < -0.3 is 15.5 Å². The standard InChI is InChI=1S/C16H19N3O3/c1-17-14(20)4-2-10-18-16(22)12-6-8-13(9-7-12)19-11-3-5-15(19)21/h2,4,6-9H,3,5,10-11H2,1H3,(H,17,20)(H,18,22)/b4-2+. The zero-order valence-electron chi connectivity index (χ0n) is 12.5. The second-order valence-corrected chi connectivity index (χ2v) is 4.92. The maximum absolute atomic E-state index is 11.9. The van der Waals surface area contributed by atoms with E-state index in [1.54, 1.807) is 35.2 Å². The molecule has 2 rings (SSSR count). The average Bonchev–Trinajstić information content (AvgIpc) is 2.97. The molecule has 1 heterocycles. The number of hydrogen-bond acceptors (Lipinski definition) is 3. The number of hydrogen-bond donors (Lipinski definition) is 2. The summed E-state index contributed by atoms with van der Waals surface area (Å²) in [6.45, 7) is 1.01. The normalized spacial score (nSPS) is 14.4. The van der Waals surface area contributed by atoms with Crippen LogP contribution in [0.1, 0.15) is 23.2 Å². The lowest BCUT2D eigenvalue weighted by atomic mass is 10.2. The van der Waals surface area contributed by atoms with Gasteiger partial charge in [0.25, 0.3) is 5.91 Å². The van der Waals surface area contributed by atoms with E-state index in [1.165, 1.54) is 13.1 Å². The molecule has 6 nitrogen and oxygen atoms in total. The molecule has 0 radical (unpaired) electrons. The molecule has 0 atom stereocenters. The molecule has 0 unspecified atom stereocenters. The van der Waals surface area contributed by atoms with Crippen molar-refractivity contribution >= 4 is 23.4 Å². The molecule has 0 aliphatic carbocycles. The Balaban J connectivity index is 1.90. The van der Waals surface area contributed by atoms with Crippen LogP contribution in [-0.2, 0) is 9.59 Å². The highest BCUT2D eigenvalue weighted by molar-refractivity contribution is 5.97. The Kier molecular flexibility index (Phi) is 5.30. The lowest BCUT2D eigenvalue weighted by Gasteiger charge is -2.15. The fourth-order valence-electron chi connectivity index (χ4n) is 2.22. The summed E-state index contributed by atoms with van der Waals surface area (Å²) in [6.07, 6.45) is 4.40. The number of nitrogens with one attached hydrogen (secondary N) is 2. The third-order valence-corrected chi connectivity index (χ3v) is 3.41. The van der Waals surface area contributed by atoms with Crippen molar-refractivity contribution in [3.05, 3.63) is 42.0 Å². The van der Waals surface area contributed by atoms with Crippen LogP contribution >= 0.6 is 0 Å². The highest BCUT2D eigenvalue weighted by Gasteiger charge is 2.21. The van der Waals surface area contributed by atoms with Crippen LogP contribution in [0.15, 0.2) is 36.4 Å². The first-order valence-corrected chi connectivity index (χ1v) is 7.18. The van der Waals surface area contributed by atoms with E-state index in [0.717, 1.165) is 18.7 Å². The molecule has 1 aromatic rings. The highest BCUT2D eigenvalue weighted by atomic mass is 16.2. The van der Waals surface area contributed by atoms with Crippen LogP contribution in [0.2, 0.25) is 0 Å².